The minimum Gasteiger partial charge on any atom is -0.481 e. The fraction of sp³-hybridized carbons (Fsp3) is 0.545. The van der Waals surface area contributed by atoms with Gasteiger partial charge in [0.15, 0.2) is 0 Å². The average Bonchev–Trinajstić information content (AvgIpc) is 2.20. The molecule has 74 valence electrons. The highest BCUT2D eigenvalue weighted by atomic mass is 16.5. The summed E-state index contributed by atoms with van der Waals surface area (Å²) in [6, 6.07) is 4.06. The smallest absolute Gasteiger partial charge is 0.216 e. The van der Waals surface area contributed by atoms with E-state index in [4.69, 9.17) is 4.74 Å². The van der Waals surface area contributed by atoms with Crippen molar-refractivity contribution in [1.29, 1.82) is 0 Å². The van der Waals surface area contributed by atoms with Crippen LogP contribution in [0.2, 0.25) is 0 Å². The molecule has 13 heavy (non-hydrogen) atoms. The highest BCUT2D eigenvalue weighted by Gasteiger charge is 2.00. The van der Waals surface area contributed by atoms with Crippen molar-refractivity contribution in [1.82, 2.24) is 4.98 Å². The molecule has 0 amide bonds. The van der Waals surface area contributed by atoms with E-state index in [2.05, 4.69) is 18.0 Å². The fourth-order valence-corrected chi connectivity index (χ4v) is 1.01. The Morgan fingerprint density at radius 1 is 1.31 bits per heavy atom. The lowest BCUT2D eigenvalue weighted by atomic mass is 10.2. The Morgan fingerprint density at radius 3 is 2.38 bits per heavy atom. The standard InChI is InChI=1S/C9H13NO.C2H6/c1-4-8-6-5-7(2)10-9(8)11-3;1-2/h5-6H,4H2,1-3H3;1-2H3. The highest BCUT2D eigenvalue weighted by molar-refractivity contribution is 5.27. The molecule has 0 saturated heterocycles. The number of methoxy groups -OCH3 is 1. The lowest BCUT2D eigenvalue weighted by molar-refractivity contribution is 0.392. The van der Waals surface area contributed by atoms with E-state index in [9.17, 15) is 0 Å². The molecule has 0 fully saturated rings. The van der Waals surface area contributed by atoms with Gasteiger partial charge in [-0.25, -0.2) is 4.98 Å². The summed E-state index contributed by atoms with van der Waals surface area (Å²) in [6.07, 6.45) is 0.969. The van der Waals surface area contributed by atoms with Crippen LogP contribution in [-0.2, 0) is 6.42 Å². The van der Waals surface area contributed by atoms with Gasteiger partial charge in [-0.15, -0.1) is 0 Å². The molecular weight excluding hydrogens is 162 g/mol. The predicted octanol–water partition coefficient (Wildman–Crippen LogP) is 2.99. The Balaban J connectivity index is 0.000000671. The first-order valence-corrected chi connectivity index (χ1v) is 4.78. The molecule has 0 aliphatic rings. The summed E-state index contributed by atoms with van der Waals surface area (Å²) >= 11 is 0. The van der Waals surface area contributed by atoms with Crippen LogP contribution in [0.4, 0.5) is 0 Å². The zero-order chi connectivity index (χ0) is 10.3. The lowest BCUT2D eigenvalue weighted by Crippen LogP contribution is -1.94. The number of hydrogen-bond donors (Lipinski definition) is 0. The first-order chi connectivity index (χ1) is 6.27. The van der Waals surface area contributed by atoms with E-state index in [0.717, 1.165) is 23.6 Å². The lowest BCUT2D eigenvalue weighted by Gasteiger charge is -2.04. The number of pyridine rings is 1. The van der Waals surface area contributed by atoms with Gasteiger partial charge in [0.25, 0.3) is 0 Å². The van der Waals surface area contributed by atoms with Gasteiger partial charge in [-0.2, -0.15) is 0 Å². The van der Waals surface area contributed by atoms with Gasteiger partial charge >= 0.3 is 0 Å². The average molecular weight is 181 g/mol. The summed E-state index contributed by atoms with van der Waals surface area (Å²) in [7, 11) is 1.65. The molecule has 1 heterocycles. The van der Waals surface area contributed by atoms with Crippen LogP contribution in [0.15, 0.2) is 12.1 Å². The molecule has 0 aromatic carbocycles. The van der Waals surface area contributed by atoms with Gasteiger partial charge in [-0.1, -0.05) is 26.8 Å². The summed E-state index contributed by atoms with van der Waals surface area (Å²) in [5, 5.41) is 0. The first kappa shape index (κ1) is 11.9. The van der Waals surface area contributed by atoms with Gasteiger partial charge in [-0.05, 0) is 19.4 Å². The molecule has 1 aromatic heterocycles. The molecular formula is C11H19NO. The maximum absolute atomic E-state index is 5.11. The van der Waals surface area contributed by atoms with Gasteiger partial charge in [0.05, 0.1) is 7.11 Å². The van der Waals surface area contributed by atoms with Gasteiger partial charge in [0.1, 0.15) is 0 Å². The number of hydrogen-bond acceptors (Lipinski definition) is 2. The van der Waals surface area contributed by atoms with Crippen LogP contribution in [0.3, 0.4) is 0 Å². The Kier molecular flexibility index (Phi) is 5.94. The van der Waals surface area contributed by atoms with Crippen LogP contribution >= 0.6 is 0 Å². The third kappa shape index (κ3) is 3.45. The SMILES string of the molecule is CC.CCc1ccc(C)nc1OC. The van der Waals surface area contributed by atoms with Gasteiger partial charge in [0, 0.05) is 11.3 Å². The summed E-state index contributed by atoms with van der Waals surface area (Å²) < 4.78 is 5.11. The van der Waals surface area contributed by atoms with Crippen LogP contribution in [0.25, 0.3) is 0 Å². The molecule has 1 rings (SSSR count). The third-order valence-corrected chi connectivity index (χ3v) is 1.65. The predicted molar refractivity (Wildman–Crippen MR) is 56.3 cm³/mol. The molecule has 1 aromatic rings. The Labute approximate surface area is 81.0 Å². The topological polar surface area (TPSA) is 22.1 Å². The number of rotatable bonds is 2. The number of nitrogens with zero attached hydrogens (tertiary/aromatic N) is 1. The van der Waals surface area contributed by atoms with Crippen LogP contribution < -0.4 is 4.74 Å². The van der Waals surface area contributed by atoms with E-state index in [0.29, 0.717) is 0 Å². The van der Waals surface area contributed by atoms with Crippen molar-refractivity contribution in [2.24, 2.45) is 0 Å². The molecule has 2 nitrogen and oxygen atoms in total. The Hall–Kier alpha value is -1.05. The number of aryl methyl sites for hydroxylation is 2. The van der Waals surface area contributed by atoms with E-state index < -0.39 is 0 Å². The van der Waals surface area contributed by atoms with Crippen molar-refractivity contribution in [2.75, 3.05) is 7.11 Å². The quantitative estimate of drug-likeness (QED) is 0.699. The summed E-state index contributed by atoms with van der Waals surface area (Å²) in [4.78, 5) is 4.24. The van der Waals surface area contributed by atoms with E-state index in [1.165, 1.54) is 0 Å². The zero-order valence-corrected chi connectivity index (χ0v) is 9.22. The molecule has 0 aliphatic heterocycles. The molecule has 0 N–H and O–H groups in total. The molecule has 0 unspecified atom stereocenters. The van der Waals surface area contributed by atoms with Crippen LogP contribution in [0.5, 0.6) is 5.88 Å². The van der Waals surface area contributed by atoms with Crippen LogP contribution in [0, 0.1) is 6.92 Å². The molecule has 0 aliphatic carbocycles. The normalized spacial score (nSPS) is 8.69. The molecule has 2 heteroatoms. The minimum atomic E-state index is 0.757. The Morgan fingerprint density at radius 2 is 1.92 bits per heavy atom. The monoisotopic (exact) mass is 181 g/mol. The maximum Gasteiger partial charge on any atom is 0.216 e. The van der Waals surface area contributed by atoms with Crippen LogP contribution in [0.1, 0.15) is 32.0 Å². The van der Waals surface area contributed by atoms with E-state index in [-0.39, 0.29) is 0 Å². The minimum absolute atomic E-state index is 0.757. The van der Waals surface area contributed by atoms with Crippen molar-refractivity contribution in [3.05, 3.63) is 23.4 Å². The second kappa shape index (κ2) is 6.46. The molecule has 0 spiro atoms. The van der Waals surface area contributed by atoms with Crippen LogP contribution in [-0.4, -0.2) is 12.1 Å². The number of aromatic nitrogens is 1. The van der Waals surface area contributed by atoms with Crippen molar-refractivity contribution < 1.29 is 4.74 Å². The Bertz CT molecular complexity index is 246. The van der Waals surface area contributed by atoms with Crippen molar-refractivity contribution in [2.45, 2.75) is 34.1 Å². The molecule has 0 saturated carbocycles. The molecule has 0 bridgehead atoms. The summed E-state index contributed by atoms with van der Waals surface area (Å²) in [6.45, 7) is 8.05. The molecule has 0 atom stereocenters. The van der Waals surface area contributed by atoms with E-state index in [1.807, 2.05) is 26.8 Å². The maximum atomic E-state index is 5.11. The van der Waals surface area contributed by atoms with E-state index in [1.54, 1.807) is 7.11 Å². The first-order valence-electron chi connectivity index (χ1n) is 4.78. The van der Waals surface area contributed by atoms with Gasteiger partial charge in [0.2, 0.25) is 5.88 Å². The third-order valence-electron chi connectivity index (χ3n) is 1.65. The van der Waals surface area contributed by atoms with Gasteiger partial charge < -0.3 is 4.74 Å². The second-order valence-corrected chi connectivity index (χ2v) is 2.47. The fourth-order valence-electron chi connectivity index (χ4n) is 1.01. The zero-order valence-electron chi connectivity index (χ0n) is 9.22. The van der Waals surface area contributed by atoms with Crippen molar-refractivity contribution >= 4 is 0 Å². The van der Waals surface area contributed by atoms with Crippen molar-refractivity contribution in [3.63, 3.8) is 0 Å². The highest BCUT2D eigenvalue weighted by Crippen LogP contribution is 2.15. The summed E-state index contributed by atoms with van der Waals surface area (Å²) in [5.41, 5.74) is 2.16. The largest absolute Gasteiger partial charge is 0.481 e. The molecule has 0 radical (unpaired) electrons. The number of ether oxygens (including phenoxy) is 1. The van der Waals surface area contributed by atoms with Gasteiger partial charge in [-0.3, -0.25) is 0 Å². The summed E-state index contributed by atoms with van der Waals surface area (Å²) in [5.74, 6) is 0.757. The second-order valence-electron chi connectivity index (χ2n) is 2.47. The van der Waals surface area contributed by atoms with E-state index >= 15 is 0 Å². The van der Waals surface area contributed by atoms with Crippen molar-refractivity contribution in [3.8, 4) is 5.88 Å².